The predicted octanol–water partition coefficient (Wildman–Crippen LogP) is 1.43. The maximum atomic E-state index is 14.4. The van der Waals surface area contributed by atoms with E-state index in [1.807, 2.05) is 0 Å². The van der Waals surface area contributed by atoms with Gasteiger partial charge >= 0.3 is 0 Å². The summed E-state index contributed by atoms with van der Waals surface area (Å²) in [4.78, 5) is 11.0. The molecule has 0 radical (unpaired) electrons. The van der Waals surface area contributed by atoms with Crippen LogP contribution in [-0.2, 0) is 26.0 Å². The first-order chi connectivity index (χ1) is 12.4. The topological polar surface area (TPSA) is 96.5 Å². The lowest BCUT2D eigenvalue weighted by molar-refractivity contribution is -0.116. The van der Waals surface area contributed by atoms with E-state index in [2.05, 4.69) is 15.4 Å². The highest BCUT2D eigenvalue weighted by Crippen LogP contribution is 2.31. The molecule has 1 aromatic rings. The number of halogens is 2. The molecule has 0 atom stereocenters. The summed E-state index contributed by atoms with van der Waals surface area (Å²) in [5.74, 6) is -1.07. The maximum Gasteiger partial charge on any atom is 0.243 e. The number of fused-ring (bicyclic) bond motifs is 1. The number of methoxy groups -OCH3 is 1. The Hall–Kier alpha value is -1.26. The monoisotopic (exact) mass is 421 g/mol. The molecule has 27 heavy (non-hydrogen) atoms. The van der Waals surface area contributed by atoms with Crippen LogP contribution in [0.25, 0.3) is 0 Å². The molecule has 7 nitrogen and oxygen atoms in total. The number of benzene rings is 1. The minimum atomic E-state index is -4.01. The molecule has 0 spiro atoms. The van der Waals surface area contributed by atoms with Crippen LogP contribution in [-0.4, -0.2) is 47.7 Å². The average Bonchev–Trinajstić information content (AvgIpc) is 2.60. The molecule has 0 bridgehead atoms. The molecule has 1 fully saturated rings. The van der Waals surface area contributed by atoms with Gasteiger partial charge in [0.1, 0.15) is 10.7 Å². The molecule has 1 amide bonds. The number of amides is 1. The molecular formula is C17H25ClFN3O4S. The number of carbonyl (C=O) groups is 1. The van der Waals surface area contributed by atoms with Crippen LogP contribution in [0.1, 0.15) is 24.8 Å². The number of ether oxygens (including phenoxy) is 1. The zero-order valence-corrected chi connectivity index (χ0v) is 16.8. The Morgan fingerprint density at radius 1 is 1.26 bits per heavy atom. The minimum Gasteiger partial charge on any atom is -0.384 e. The van der Waals surface area contributed by atoms with Crippen molar-refractivity contribution in [1.82, 2.24) is 10.0 Å². The number of hydrogen-bond donors (Lipinski definition) is 3. The van der Waals surface area contributed by atoms with E-state index in [1.165, 1.54) is 6.07 Å². The van der Waals surface area contributed by atoms with Crippen LogP contribution in [0.4, 0.5) is 10.1 Å². The number of hydrogen-bond acceptors (Lipinski definition) is 5. The van der Waals surface area contributed by atoms with E-state index in [-0.39, 0.29) is 41.6 Å². The third-order valence-corrected chi connectivity index (χ3v) is 6.51. The van der Waals surface area contributed by atoms with Crippen LogP contribution < -0.4 is 15.4 Å². The Bertz CT molecular complexity index is 792. The molecule has 2 aliphatic heterocycles. The fourth-order valence-corrected chi connectivity index (χ4v) is 4.81. The van der Waals surface area contributed by atoms with Gasteiger partial charge in [-0.1, -0.05) is 0 Å². The second-order valence-electron chi connectivity index (χ2n) is 7.00. The summed E-state index contributed by atoms with van der Waals surface area (Å²) in [5.41, 5.74) is 0.665. The molecule has 0 unspecified atom stereocenters. The van der Waals surface area contributed by atoms with Crippen LogP contribution in [0.5, 0.6) is 0 Å². The van der Waals surface area contributed by atoms with Gasteiger partial charge in [0.05, 0.1) is 6.61 Å². The average molecular weight is 422 g/mol. The van der Waals surface area contributed by atoms with Crippen molar-refractivity contribution >= 4 is 34.0 Å². The number of rotatable bonds is 6. The third kappa shape index (κ3) is 4.97. The summed E-state index contributed by atoms with van der Waals surface area (Å²) in [6.45, 7) is 2.21. The number of carbonyl (C=O) groups excluding carboxylic acids is 1. The second-order valence-corrected chi connectivity index (χ2v) is 8.73. The summed E-state index contributed by atoms with van der Waals surface area (Å²) < 4.78 is 47.7. The first kappa shape index (κ1) is 22.0. The molecule has 2 heterocycles. The zero-order chi connectivity index (χ0) is 18.8. The summed E-state index contributed by atoms with van der Waals surface area (Å²) in [7, 11) is -2.41. The lowest BCUT2D eigenvalue weighted by atomic mass is 9.80. The Morgan fingerprint density at radius 3 is 2.63 bits per heavy atom. The molecule has 0 saturated carbocycles. The van der Waals surface area contributed by atoms with E-state index in [4.69, 9.17) is 4.74 Å². The quantitative estimate of drug-likeness (QED) is 0.645. The lowest BCUT2D eigenvalue weighted by Gasteiger charge is -2.37. The van der Waals surface area contributed by atoms with Crippen molar-refractivity contribution in [2.24, 2.45) is 5.41 Å². The van der Waals surface area contributed by atoms with Crippen molar-refractivity contribution in [3.63, 3.8) is 0 Å². The lowest BCUT2D eigenvalue weighted by Crippen LogP contribution is -2.47. The highest BCUT2D eigenvalue weighted by Gasteiger charge is 2.34. The maximum absolute atomic E-state index is 14.4. The molecule has 0 aromatic heterocycles. The predicted molar refractivity (Wildman–Crippen MR) is 102 cm³/mol. The van der Waals surface area contributed by atoms with Crippen molar-refractivity contribution in [3.8, 4) is 0 Å². The molecule has 1 aromatic carbocycles. The van der Waals surface area contributed by atoms with Gasteiger partial charge in [-0.05, 0) is 50.0 Å². The van der Waals surface area contributed by atoms with E-state index in [1.54, 1.807) is 7.11 Å². The Labute approximate surface area is 164 Å². The highest BCUT2D eigenvalue weighted by atomic mass is 35.5. The fourth-order valence-electron chi connectivity index (χ4n) is 3.55. The number of nitrogens with one attached hydrogen (secondary N) is 3. The van der Waals surface area contributed by atoms with Crippen LogP contribution in [0.2, 0.25) is 0 Å². The van der Waals surface area contributed by atoms with Crippen LogP contribution in [0, 0.1) is 11.2 Å². The molecule has 10 heteroatoms. The van der Waals surface area contributed by atoms with E-state index in [0.29, 0.717) is 24.3 Å². The Morgan fingerprint density at radius 2 is 1.96 bits per heavy atom. The number of anilines is 1. The van der Waals surface area contributed by atoms with E-state index in [9.17, 15) is 17.6 Å². The van der Waals surface area contributed by atoms with Gasteiger partial charge in [0.15, 0.2) is 0 Å². The van der Waals surface area contributed by atoms with Gasteiger partial charge in [-0.3, -0.25) is 4.79 Å². The van der Waals surface area contributed by atoms with Gasteiger partial charge in [-0.15, -0.1) is 12.4 Å². The largest absolute Gasteiger partial charge is 0.384 e. The van der Waals surface area contributed by atoms with Gasteiger partial charge in [0.2, 0.25) is 15.9 Å². The van der Waals surface area contributed by atoms with Crippen molar-refractivity contribution in [3.05, 3.63) is 23.5 Å². The highest BCUT2D eigenvalue weighted by molar-refractivity contribution is 7.89. The number of aryl methyl sites for hydroxylation is 1. The van der Waals surface area contributed by atoms with E-state index >= 15 is 0 Å². The van der Waals surface area contributed by atoms with Crippen molar-refractivity contribution in [1.29, 1.82) is 0 Å². The molecule has 152 valence electrons. The third-order valence-electron chi connectivity index (χ3n) is 5.09. The zero-order valence-electron chi connectivity index (χ0n) is 15.1. The van der Waals surface area contributed by atoms with E-state index < -0.39 is 15.8 Å². The smallest absolute Gasteiger partial charge is 0.243 e. The SMILES string of the molecule is COCC1(CNS(=O)(=O)c2cc3c(cc2F)NC(=O)CC3)CCNCC1.Cl. The van der Waals surface area contributed by atoms with Gasteiger partial charge in [0, 0.05) is 31.2 Å². The van der Waals surface area contributed by atoms with Crippen molar-refractivity contribution in [2.75, 3.05) is 38.7 Å². The number of piperidine rings is 1. The normalized spacial score (nSPS) is 19.0. The molecule has 0 aliphatic carbocycles. The summed E-state index contributed by atoms with van der Waals surface area (Å²) in [6, 6.07) is 2.40. The summed E-state index contributed by atoms with van der Waals surface area (Å²) >= 11 is 0. The fraction of sp³-hybridized carbons (Fsp3) is 0.588. The van der Waals surface area contributed by atoms with Gasteiger partial charge < -0.3 is 15.4 Å². The van der Waals surface area contributed by atoms with Gasteiger partial charge in [0.25, 0.3) is 0 Å². The van der Waals surface area contributed by atoms with Gasteiger partial charge in [-0.25, -0.2) is 17.5 Å². The van der Waals surface area contributed by atoms with Crippen LogP contribution >= 0.6 is 12.4 Å². The van der Waals surface area contributed by atoms with Crippen molar-refractivity contribution < 1.29 is 22.3 Å². The molecule has 3 N–H and O–H groups in total. The molecular weight excluding hydrogens is 397 g/mol. The van der Waals surface area contributed by atoms with Crippen LogP contribution in [0.15, 0.2) is 17.0 Å². The first-order valence-corrected chi connectivity index (χ1v) is 10.2. The van der Waals surface area contributed by atoms with Gasteiger partial charge in [-0.2, -0.15) is 0 Å². The summed E-state index contributed by atoms with van der Waals surface area (Å²) in [6.07, 6.45) is 2.21. The van der Waals surface area contributed by atoms with E-state index in [0.717, 1.165) is 32.0 Å². The standard InChI is InChI=1S/C17H24FN3O4S.ClH/c1-25-11-17(4-6-19-7-5-17)10-20-26(23,24)15-8-12-2-3-16(22)21-14(12)9-13(15)18;/h8-9,19-20H,2-7,10-11H2,1H3,(H,21,22);1H. The number of sulfonamides is 1. The minimum absolute atomic E-state index is 0. The molecule has 3 rings (SSSR count). The van der Waals surface area contributed by atoms with Crippen molar-refractivity contribution in [2.45, 2.75) is 30.6 Å². The van der Waals surface area contributed by atoms with Crippen LogP contribution in [0.3, 0.4) is 0 Å². The first-order valence-electron chi connectivity index (χ1n) is 8.67. The second kappa shape index (κ2) is 8.83. The Balaban J connectivity index is 0.00000261. The summed E-state index contributed by atoms with van der Waals surface area (Å²) in [5, 5.41) is 5.81. The Kier molecular flexibility index (Phi) is 7.20. The molecule has 2 aliphatic rings. The molecule has 1 saturated heterocycles.